The number of carbonyl (C=O) groups is 3. The van der Waals surface area contributed by atoms with Crippen molar-refractivity contribution in [2.75, 3.05) is 0 Å². The van der Waals surface area contributed by atoms with Crippen molar-refractivity contribution in [1.82, 2.24) is 10.6 Å². The third kappa shape index (κ3) is 5.61. The van der Waals surface area contributed by atoms with Crippen LogP contribution in [0.3, 0.4) is 0 Å². The van der Waals surface area contributed by atoms with Gasteiger partial charge in [-0.2, -0.15) is 0 Å². The van der Waals surface area contributed by atoms with Gasteiger partial charge in [0.25, 0.3) is 11.8 Å². The Kier molecular flexibility index (Phi) is 6.89. The van der Waals surface area contributed by atoms with Crippen LogP contribution in [0.1, 0.15) is 44.0 Å². The third-order valence-electron chi connectivity index (χ3n) is 3.97. The number of halogens is 2. The van der Waals surface area contributed by atoms with Crippen molar-refractivity contribution < 1.29 is 19.1 Å². The zero-order valence-corrected chi connectivity index (χ0v) is 16.4. The number of amides is 2. The van der Waals surface area contributed by atoms with E-state index in [1.54, 1.807) is 13.8 Å². The average Bonchev–Trinajstić information content (AvgIpc) is 3.35. The summed E-state index contributed by atoms with van der Waals surface area (Å²) in [4.78, 5) is 36.8. The normalized spacial score (nSPS) is 15.9. The van der Waals surface area contributed by atoms with E-state index in [2.05, 4.69) is 10.6 Å². The van der Waals surface area contributed by atoms with Gasteiger partial charge in [-0.25, -0.2) is 4.79 Å². The highest BCUT2D eigenvalue weighted by molar-refractivity contribution is 6.36. The highest BCUT2D eigenvalue weighted by atomic mass is 35.5. The fourth-order valence-corrected chi connectivity index (χ4v) is 2.73. The number of esters is 1. The van der Waals surface area contributed by atoms with Crippen molar-refractivity contribution >= 4 is 41.0 Å². The van der Waals surface area contributed by atoms with E-state index >= 15 is 0 Å². The van der Waals surface area contributed by atoms with Gasteiger partial charge >= 0.3 is 5.97 Å². The van der Waals surface area contributed by atoms with Crippen LogP contribution in [0.15, 0.2) is 18.2 Å². The number of ether oxygens (including phenoxy) is 1. The molecule has 1 aromatic rings. The molecule has 1 fully saturated rings. The average molecular weight is 401 g/mol. The SMILES string of the molecule is CC(C)[C@H](NC(=O)c1ccc(Cl)cc1Cl)C(=O)O[C@H](C)C(=O)NC1CC1. The van der Waals surface area contributed by atoms with Gasteiger partial charge in [0.15, 0.2) is 6.10 Å². The summed E-state index contributed by atoms with van der Waals surface area (Å²) in [5.74, 6) is -1.76. The Morgan fingerprint density at radius 2 is 1.81 bits per heavy atom. The number of rotatable bonds is 7. The van der Waals surface area contributed by atoms with Crippen LogP contribution in [0.5, 0.6) is 0 Å². The maximum absolute atomic E-state index is 12.4. The molecule has 142 valence electrons. The summed E-state index contributed by atoms with van der Waals surface area (Å²) >= 11 is 11.9. The number of carbonyl (C=O) groups excluding carboxylic acids is 3. The molecule has 1 saturated carbocycles. The van der Waals surface area contributed by atoms with Gasteiger partial charge in [0.2, 0.25) is 0 Å². The van der Waals surface area contributed by atoms with E-state index in [1.165, 1.54) is 25.1 Å². The molecule has 2 atom stereocenters. The lowest BCUT2D eigenvalue weighted by atomic mass is 10.0. The molecule has 0 bridgehead atoms. The second-order valence-corrected chi connectivity index (χ2v) is 7.52. The minimum Gasteiger partial charge on any atom is -0.451 e. The summed E-state index contributed by atoms with van der Waals surface area (Å²) in [6.45, 7) is 5.04. The van der Waals surface area contributed by atoms with Crippen LogP contribution in [-0.4, -0.2) is 36.0 Å². The molecular formula is C18H22Cl2N2O4. The van der Waals surface area contributed by atoms with Gasteiger partial charge in [0, 0.05) is 11.1 Å². The minimum absolute atomic E-state index is 0.177. The van der Waals surface area contributed by atoms with E-state index in [4.69, 9.17) is 27.9 Å². The monoisotopic (exact) mass is 400 g/mol. The standard InChI is InChI=1S/C18H22Cl2N2O4/c1-9(2)15(18(25)26-10(3)16(23)21-12-5-6-12)22-17(24)13-7-4-11(19)8-14(13)20/h4,7-10,12,15H,5-6H2,1-3H3,(H,21,23)(H,22,24)/t10-,15+/m1/s1. The third-order valence-corrected chi connectivity index (χ3v) is 4.52. The Morgan fingerprint density at radius 3 is 2.35 bits per heavy atom. The van der Waals surface area contributed by atoms with Crippen LogP contribution in [0, 0.1) is 5.92 Å². The quantitative estimate of drug-likeness (QED) is 0.688. The van der Waals surface area contributed by atoms with Gasteiger partial charge < -0.3 is 15.4 Å². The smallest absolute Gasteiger partial charge is 0.329 e. The van der Waals surface area contributed by atoms with Crippen LogP contribution in [-0.2, 0) is 14.3 Å². The molecular weight excluding hydrogens is 379 g/mol. The summed E-state index contributed by atoms with van der Waals surface area (Å²) in [5, 5.41) is 5.98. The van der Waals surface area contributed by atoms with E-state index in [0.717, 1.165) is 12.8 Å². The second-order valence-electron chi connectivity index (χ2n) is 6.68. The topological polar surface area (TPSA) is 84.5 Å². The van der Waals surface area contributed by atoms with Gasteiger partial charge in [0.05, 0.1) is 10.6 Å². The highest BCUT2D eigenvalue weighted by Gasteiger charge is 2.31. The molecule has 26 heavy (non-hydrogen) atoms. The Balaban J connectivity index is 2.01. The van der Waals surface area contributed by atoms with Crippen molar-refractivity contribution in [2.24, 2.45) is 5.92 Å². The van der Waals surface area contributed by atoms with Crippen LogP contribution in [0.25, 0.3) is 0 Å². The Hall–Kier alpha value is -1.79. The van der Waals surface area contributed by atoms with Crippen LogP contribution >= 0.6 is 23.2 Å². The fourth-order valence-electron chi connectivity index (χ4n) is 2.24. The first-order valence-corrected chi connectivity index (χ1v) is 9.21. The predicted octanol–water partition coefficient (Wildman–Crippen LogP) is 2.96. The Bertz CT molecular complexity index is 704. The largest absolute Gasteiger partial charge is 0.451 e. The van der Waals surface area contributed by atoms with Gasteiger partial charge in [-0.3, -0.25) is 9.59 Å². The van der Waals surface area contributed by atoms with E-state index in [0.29, 0.717) is 5.02 Å². The number of hydrogen-bond donors (Lipinski definition) is 2. The maximum Gasteiger partial charge on any atom is 0.329 e. The van der Waals surface area contributed by atoms with Crippen molar-refractivity contribution in [2.45, 2.75) is 51.8 Å². The summed E-state index contributed by atoms with van der Waals surface area (Å²) in [5.41, 5.74) is 0.203. The fraction of sp³-hybridized carbons (Fsp3) is 0.500. The molecule has 1 aromatic carbocycles. The molecule has 0 spiro atoms. The zero-order valence-electron chi connectivity index (χ0n) is 14.8. The number of nitrogens with one attached hydrogen (secondary N) is 2. The molecule has 0 heterocycles. The van der Waals surface area contributed by atoms with Crippen LogP contribution < -0.4 is 10.6 Å². The number of benzene rings is 1. The highest BCUT2D eigenvalue weighted by Crippen LogP contribution is 2.21. The predicted molar refractivity (Wildman–Crippen MR) is 99.3 cm³/mol. The van der Waals surface area contributed by atoms with Crippen LogP contribution in [0.4, 0.5) is 0 Å². The maximum atomic E-state index is 12.4. The molecule has 2 N–H and O–H groups in total. The molecule has 0 aliphatic heterocycles. The summed E-state index contributed by atoms with van der Waals surface area (Å²) in [6.07, 6.45) is 0.957. The first-order chi connectivity index (χ1) is 12.2. The van der Waals surface area contributed by atoms with E-state index in [-0.39, 0.29) is 28.5 Å². The van der Waals surface area contributed by atoms with Crippen molar-refractivity contribution in [3.63, 3.8) is 0 Å². The Morgan fingerprint density at radius 1 is 1.15 bits per heavy atom. The van der Waals surface area contributed by atoms with Gasteiger partial charge in [-0.15, -0.1) is 0 Å². The minimum atomic E-state index is -0.930. The lowest BCUT2D eigenvalue weighted by Gasteiger charge is -2.23. The molecule has 8 heteroatoms. The molecule has 0 aromatic heterocycles. The first kappa shape index (κ1) is 20.5. The number of hydrogen-bond acceptors (Lipinski definition) is 4. The summed E-state index contributed by atoms with van der Waals surface area (Å²) in [7, 11) is 0. The zero-order chi connectivity index (χ0) is 19.4. The van der Waals surface area contributed by atoms with E-state index in [9.17, 15) is 14.4 Å². The molecule has 6 nitrogen and oxygen atoms in total. The molecule has 0 unspecified atom stereocenters. The second kappa shape index (κ2) is 8.73. The van der Waals surface area contributed by atoms with Gasteiger partial charge in [-0.05, 0) is 43.9 Å². The molecule has 0 radical (unpaired) electrons. The lowest BCUT2D eigenvalue weighted by molar-refractivity contribution is -0.157. The van der Waals surface area contributed by atoms with Gasteiger partial charge in [-0.1, -0.05) is 37.0 Å². The first-order valence-electron chi connectivity index (χ1n) is 8.45. The van der Waals surface area contributed by atoms with E-state index < -0.39 is 24.0 Å². The molecule has 1 aliphatic rings. The molecule has 1 aliphatic carbocycles. The van der Waals surface area contributed by atoms with Crippen molar-refractivity contribution in [1.29, 1.82) is 0 Å². The van der Waals surface area contributed by atoms with Crippen LogP contribution in [0.2, 0.25) is 10.0 Å². The van der Waals surface area contributed by atoms with Gasteiger partial charge in [0.1, 0.15) is 6.04 Å². The molecule has 0 saturated heterocycles. The lowest BCUT2D eigenvalue weighted by Crippen LogP contribution is -2.48. The van der Waals surface area contributed by atoms with E-state index in [1.807, 2.05) is 0 Å². The van der Waals surface area contributed by atoms with Crippen molar-refractivity contribution in [3.05, 3.63) is 33.8 Å². The Labute approximate surface area is 162 Å². The summed E-state index contributed by atoms with van der Waals surface area (Å²) < 4.78 is 5.23. The molecule has 2 rings (SSSR count). The van der Waals surface area contributed by atoms with Crippen molar-refractivity contribution in [3.8, 4) is 0 Å². The molecule has 2 amide bonds. The summed E-state index contributed by atoms with van der Waals surface area (Å²) in [6, 6.07) is 3.73.